The highest BCUT2D eigenvalue weighted by Gasteiger charge is 2.21. The van der Waals surface area contributed by atoms with E-state index >= 15 is 0 Å². The molecule has 0 radical (unpaired) electrons. The van der Waals surface area contributed by atoms with Gasteiger partial charge in [0.05, 0.1) is 32.0 Å². The van der Waals surface area contributed by atoms with Gasteiger partial charge < -0.3 is 24.7 Å². The van der Waals surface area contributed by atoms with Crippen LogP contribution >= 0.6 is 12.2 Å². The second kappa shape index (κ2) is 12.4. The molecule has 0 unspecified atom stereocenters. The predicted molar refractivity (Wildman–Crippen MR) is 124 cm³/mol. The van der Waals surface area contributed by atoms with Crippen molar-refractivity contribution in [1.29, 1.82) is 0 Å². The van der Waals surface area contributed by atoms with Crippen molar-refractivity contribution in [3.8, 4) is 5.75 Å². The number of methoxy groups -OCH3 is 1. The van der Waals surface area contributed by atoms with Crippen LogP contribution in [-0.2, 0) is 17.7 Å². The second-order valence-corrected chi connectivity index (χ2v) is 8.84. The average Bonchev–Trinajstić information content (AvgIpc) is 2.80. The number of hydrazone groups is 1. The molecular formula is C21H36N6O3S. The van der Waals surface area contributed by atoms with Gasteiger partial charge >= 0.3 is 0 Å². The minimum atomic E-state index is 0.480. The summed E-state index contributed by atoms with van der Waals surface area (Å²) in [5.74, 6) is 7.93. The molecule has 0 aliphatic carbocycles. The first-order valence-corrected chi connectivity index (χ1v) is 11.7. The van der Waals surface area contributed by atoms with Crippen molar-refractivity contribution >= 4 is 18.2 Å². The van der Waals surface area contributed by atoms with Gasteiger partial charge in [-0.15, -0.1) is 5.10 Å². The highest BCUT2D eigenvalue weighted by atomic mass is 32.2. The highest BCUT2D eigenvalue weighted by Crippen LogP contribution is 2.27. The lowest BCUT2D eigenvalue weighted by Gasteiger charge is -2.33. The van der Waals surface area contributed by atoms with Gasteiger partial charge in [0.1, 0.15) is 5.75 Å². The minimum absolute atomic E-state index is 0.480. The van der Waals surface area contributed by atoms with E-state index in [0.717, 1.165) is 82.9 Å². The fourth-order valence-corrected chi connectivity index (χ4v) is 4.48. The molecule has 2 heterocycles. The molecule has 0 spiro atoms. The van der Waals surface area contributed by atoms with Gasteiger partial charge in [0.25, 0.3) is 0 Å². The first kappa shape index (κ1) is 23.9. The van der Waals surface area contributed by atoms with Crippen molar-refractivity contribution in [1.82, 2.24) is 14.3 Å². The van der Waals surface area contributed by atoms with Crippen LogP contribution in [0.25, 0.3) is 0 Å². The molecule has 1 saturated heterocycles. The number of hydrogen-bond acceptors (Lipinski definition) is 8. The zero-order valence-corrected chi connectivity index (χ0v) is 19.2. The smallest absolute Gasteiger partial charge is 0.215 e. The van der Waals surface area contributed by atoms with E-state index in [9.17, 15) is 4.55 Å². The number of hydrogen-bond donors (Lipinski definition) is 3. The van der Waals surface area contributed by atoms with E-state index in [1.165, 1.54) is 16.2 Å². The fraction of sp³-hybridized carbons (Fsp3) is 0.667. The first-order chi connectivity index (χ1) is 15.1. The molecule has 5 N–H and O–H groups in total. The fourth-order valence-electron chi connectivity index (χ4n) is 4.11. The van der Waals surface area contributed by atoms with E-state index in [4.69, 9.17) is 21.1 Å². The first-order valence-electron chi connectivity index (χ1n) is 11.0. The van der Waals surface area contributed by atoms with Crippen LogP contribution in [-0.4, -0.2) is 71.3 Å². The van der Waals surface area contributed by atoms with Crippen molar-refractivity contribution in [3.05, 3.63) is 29.3 Å². The molecule has 1 aromatic rings. The number of guanidine groups is 1. The summed E-state index contributed by atoms with van der Waals surface area (Å²) in [5.41, 5.74) is 8.69. The Balaban J connectivity index is 1.33. The van der Waals surface area contributed by atoms with Crippen LogP contribution in [0, 0.1) is 5.92 Å². The van der Waals surface area contributed by atoms with E-state index in [2.05, 4.69) is 22.1 Å². The van der Waals surface area contributed by atoms with Gasteiger partial charge in [0.2, 0.25) is 5.96 Å². The van der Waals surface area contributed by atoms with Gasteiger partial charge in [0, 0.05) is 33.3 Å². The number of benzene rings is 1. The molecule has 1 fully saturated rings. The number of piperidine rings is 1. The zero-order valence-electron chi connectivity index (χ0n) is 18.4. The number of rotatable bonds is 10. The predicted octanol–water partition coefficient (Wildman–Crippen LogP) is 2.09. The summed E-state index contributed by atoms with van der Waals surface area (Å²) in [6, 6.07) is 6.31. The third-order valence-electron chi connectivity index (χ3n) is 5.99. The Hall–Kier alpha value is -1.72. The van der Waals surface area contributed by atoms with Gasteiger partial charge in [0.15, 0.2) is 0 Å². The van der Waals surface area contributed by atoms with Crippen molar-refractivity contribution in [3.63, 3.8) is 0 Å². The summed E-state index contributed by atoms with van der Waals surface area (Å²) in [6.07, 6.45) is 5.37. The van der Waals surface area contributed by atoms with E-state index in [1.807, 2.05) is 10.4 Å². The Bertz CT molecular complexity index is 714. The third kappa shape index (κ3) is 7.43. The van der Waals surface area contributed by atoms with Gasteiger partial charge in [-0.05, 0) is 61.3 Å². The van der Waals surface area contributed by atoms with Crippen LogP contribution in [0.3, 0.4) is 0 Å². The molecule has 0 aromatic heterocycles. The van der Waals surface area contributed by atoms with Crippen LogP contribution in [0.4, 0.5) is 0 Å². The topological polar surface area (TPSA) is 113 Å². The lowest BCUT2D eigenvalue weighted by molar-refractivity contribution is 0.148. The molecule has 2 aliphatic heterocycles. The molecule has 3 rings (SSSR count). The van der Waals surface area contributed by atoms with Crippen LogP contribution in [0.2, 0.25) is 0 Å². The maximum atomic E-state index is 9.22. The van der Waals surface area contributed by atoms with Crippen molar-refractivity contribution in [2.24, 2.45) is 22.6 Å². The van der Waals surface area contributed by atoms with E-state index < -0.39 is 0 Å². The molecule has 2 aliphatic rings. The van der Waals surface area contributed by atoms with Crippen LogP contribution in [0.15, 0.2) is 23.3 Å². The molecule has 174 valence electrons. The maximum Gasteiger partial charge on any atom is 0.215 e. The van der Waals surface area contributed by atoms with Crippen molar-refractivity contribution < 1.29 is 14.0 Å². The number of nitrogens with zero attached hydrogens (tertiary/aromatic N) is 4. The van der Waals surface area contributed by atoms with Gasteiger partial charge in [-0.3, -0.25) is 0 Å². The Morgan fingerprint density at radius 2 is 2.06 bits per heavy atom. The normalized spacial score (nSPS) is 18.2. The molecule has 0 atom stereocenters. The number of likely N-dealkylation sites (tertiary alicyclic amines) is 1. The summed E-state index contributed by atoms with van der Waals surface area (Å²) in [4.78, 5) is 2.10. The van der Waals surface area contributed by atoms with Crippen LogP contribution in [0.5, 0.6) is 5.75 Å². The van der Waals surface area contributed by atoms with Crippen LogP contribution < -0.4 is 16.3 Å². The monoisotopic (exact) mass is 452 g/mol. The average molecular weight is 453 g/mol. The number of fused-ring (bicyclic) bond motifs is 1. The maximum absolute atomic E-state index is 9.22. The van der Waals surface area contributed by atoms with E-state index in [-0.39, 0.29) is 0 Å². The molecule has 0 bridgehead atoms. The molecule has 9 nitrogen and oxygen atoms in total. The summed E-state index contributed by atoms with van der Waals surface area (Å²) in [5, 5.41) is 5.56. The van der Waals surface area contributed by atoms with Crippen molar-refractivity contribution in [2.75, 3.05) is 46.5 Å². The molecule has 0 amide bonds. The van der Waals surface area contributed by atoms with E-state index in [1.54, 1.807) is 7.11 Å². The number of hydrazine groups is 1. The number of ether oxygens (including phenoxy) is 2. The summed E-state index contributed by atoms with van der Waals surface area (Å²) < 4.78 is 22.2. The second-order valence-electron chi connectivity index (χ2n) is 8.16. The lowest BCUT2D eigenvalue weighted by Crippen LogP contribution is -2.45. The standard InChI is InChI=1S/C21H36N6O3S/c1-29-14-12-27(23)24-21(22)25-9-6-17(7-10-25)3-2-13-30-20-5-4-19-16-26(31-28)11-8-18(19)15-20/h4-5,15,17,28H,2-3,6-14,16,23H2,1H3,(H2,22,24). The molecule has 1 aromatic carbocycles. The van der Waals surface area contributed by atoms with Gasteiger partial charge in [-0.25, -0.2) is 15.3 Å². The Kier molecular flexibility index (Phi) is 9.54. The SMILES string of the molecule is COCCN(N)/N=C(\N)N1CCC(CCCOc2ccc3c(c2)CCN(SO)C3)CC1. The lowest BCUT2D eigenvalue weighted by atomic mass is 9.92. The largest absolute Gasteiger partial charge is 0.494 e. The quantitative estimate of drug-likeness (QED) is 0.0934. The summed E-state index contributed by atoms with van der Waals surface area (Å²) >= 11 is 0.824. The number of nitrogens with two attached hydrogens (primary N) is 2. The van der Waals surface area contributed by atoms with Crippen molar-refractivity contribution in [2.45, 2.75) is 38.6 Å². The molecule has 0 saturated carbocycles. The zero-order chi connectivity index (χ0) is 22.1. The van der Waals surface area contributed by atoms with Gasteiger partial charge in [-0.1, -0.05) is 6.07 Å². The summed E-state index contributed by atoms with van der Waals surface area (Å²) in [6.45, 7) is 5.23. The Labute approximate surface area is 189 Å². The van der Waals surface area contributed by atoms with Gasteiger partial charge in [-0.2, -0.15) is 0 Å². The Morgan fingerprint density at radius 1 is 1.26 bits per heavy atom. The highest BCUT2D eigenvalue weighted by molar-refractivity contribution is 7.91. The van der Waals surface area contributed by atoms with E-state index in [0.29, 0.717) is 25.0 Å². The molecule has 31 heavy (non-hydrogen) atoms. The molecular weight excluding hydrogens is 416 g/mol. The minimum Gasteiger partial charge on any atom is -0.494 e. The summed E-state index contributed by atoms with van der Waals surface area (Å²) in [7, 11) is 1.63. The molecule has 10 heteroatoms. The van der Waals surface area contributed by atoms with Crippen LogP contribution in [0.1, 0.15) is 36.8 Å². The Morgan fingerprint density at radius 3 is 2.81 bits per heavy atom. The third-order valence-corrected chi connectivity index (χ3v) is 6.53.